The van der Waals surface area contributed by atoms with Gasteiger partial charge in [0.15, 0.2) is 10.8 Å². The number of imide groups is 1. The highest BCUT2D eigenvalue weighted by atomic mass is 32.1. The van der Waals surface area contributed by atoms with Crippen LogP contribution in [0.15, 0.2) is 48.7 Å². The summed E-state index contributed by atoms with van der Waals surface area (Å²) < 4.78 is 77.7. The maximum Gasteiger partial charge on any atom is 0.419 e. The Balaban J connectivity index is 1.08. The van der Waals surface area contributed by atoms with Crippen molar-refractivity contribution in [3.63, 3.8) is 0 Å². The number of carbonyl (C=O) groups excluding carboxylic acids is 4. The summed E-state index contributed by atoms with van der Waals surface area (Å²) in [6.07, 6.45) is -3.60. The number of aromatic nitrogens is 1. The summed E-state index contributed by atoms with van der Waals surface area (Å²) in [6, 6.07) is 11.6. The second kappa shape index (κ2) is 17.8. The van der Waals surface area contributed by atoms with E-state index in [0.29, 0.717) is 44.0 Å². The van der Waals surface area contributed by atoms with E-state index in [1.165, 1.54) is 43.0 Å². The maximum absolute atomic E-state index is 15.2. The van der Waals surface area contributed by atoms with Crippen LogP contribution in [0.2, 0.25) is 0 Å². The third-order valence-corrected chi connectivity index (χ3v) is 11.4. The summed E-state index contributed by atoms with van der Waals surface area (Å²) in [5, 5.41) is 26.6. The standard InChI is InChI=1S/C42H43F5N10O5S/c1-23-20-54(21-24(2)55(23)22-36(59)52-27-13-25(17-48)12-26(14-27)51-32-7-9-35(58)53-37(32)60)10-11-62-34-8-6-28(15-31(34)41(5,43)44)57-39(63)56(38(61)40(57,3)4)29-16-30(42(45,46)47)33(18-49)50-19-29/h6,8,12-16,19,23-24,32,51H,7,9-11,20-22H2,1-5H3,(H,52,59)(H,53,58,60)/t23-,24+,32?. The number of nitrogens with zero attached hydrogens (tertiary/aromatic N) is 7. The van der Waals surface area contributed by atoms with E-state index in [-0.39, 0.29) is 77.7 Å². The number of halogens is 5. The number of alkyl halides is 5. The first-order chi connectivity index (χ1) is 29.5. The van der Waals surface area contributed by atoms with Crippen LogP contribution >= 0.6 is 12.2 Å². The number of nitrogens with one attached hydrogen (secondary N) is 3. The van der Waals surface area contributed by atoms with Crippen LogP contribution in [-0.4, -0.2) is 100.0 Å². The van der Waals surface area contributed by atoms with Crippen molar-refractivity contribution in [2.75, 3.05) is 53.2 Å². The minimum Gasteiger partial charge on any atom is -0.492 e. The zero-order valence-corrected chi connectivity index (χ0v) is 35.6. The van der Waals surface area contributed by atoms with Gasteiger partial charge in [0.05, 0.1) is 41.2 Å². The van der Waals surface area contributed by atoms with Crippen molar-refractivity contribution in [1.82, 2.24) is 20.1 Å². The third-order valence-electron chi connectivity index (χ3n) is 11.0. The van der Waals surface area contributed by atoms with E-state index < -0.39 is 52.3 Å². The van der Waals surface area contributed by atoms with Crippen LogP contribution in [-0.2, 0) is 31.3 Å². The normalized spacial score (nSPS) is 20.9. The zero-order chi connectivity index (χ0) is 46.2. The van der Waals surface area contributed by atoms with Gasteiger partial charge in [-0.05, 0) is 88.8 Å². The van der Waals surface area contributed by atoms with Crippen molar-refractivity contribution >= 4 is 63.7 Å². The van der Waals surface area contributed by atoms with Gasteiger partial charge in [-0.15, -0.1) is 0 Å². The molecule has 4 heterocycles. The molecule has 0 spiro atoms. The molecule has 4 amide bonds. The van der Waals surface area contributed by atoms with Crippen molar-refractivity contribution in [2.45, 2.75) is 83.2 Å². The molecule has 3 atom stereocenters. The van der Waals surface area contributed by atoms with Crippen molar-refractivity contribution in [2.24, 2.45) is 0 Å². The molecule has 2 aromatic carbocycles. The van der Waals surface area contributed by atoms with E-state index in [4.69, 9.17) is 22.2 Å². The molecule has 15 nitrogen and oxygen atoms in total. The number of thiocarbonyl (C=S) groups is 1. The third kappa shape index (κ3) is 10.0. The molecule has 1 unspecified atom stereocenters. The van der Waals surface area contributed by atoms with Gasteiger partial charge >= 0.3 is 6.18 Å². The molecule has 0 saturated carbocycles. The van der Waals surface area contributed by atoms with Gasteiger partial charge in [-0.3, -0.25) is 39.2 Å². The Morgan fingerprint density at radius 1 is 0.984 bits per heavy atom. The Labute approximate surface area is 364 Å². The van der Waals surface area contributed by atoms with Crippen LogP contribution in [0.5, 0.6) is 5.75 Å². The number of hydrogen-bond donors (Lipinski definition) is 3. The van der Waals surface area contributed by atoms with Gasteiger partial charge in [-0.1, -0.05) is 0 Å². The number of pyridine rings is 1. The molecule has 21 heteroatoms. The van der Waals surface area contributed by atoms with Crippen LogP contribution in [0.3, 0.4) is 0 Å². The highest BCUT2D eigenvalue weighted by molar-refractivity contribution is 7.81. The van der Waals surface area contributed by atoms with Gasteiger partial charge in [0.25, 0.3) is 11.8 Å². The Bertz CT molecular complexity index is 2420. The van der Waals surface area contributed by atoms with Crippen LogP contribution in [0.25, 0.3) is 0 Å². The lowest BCUT2D eigenvalue weighted by molar-refractivity contribution is -0.138. The van der Waals surface area contributed by atoms with Gasteiger partial charge in [0, 0.05) is 62.1 Å². The van der Waals surface area contributed by atoms with Crippen molar-refractivity contribution < 1.29 is 45.9 Å². The maximum atomic E-state index is 15.2. The van der Waals surface area contributed by atoms with Gasteiger partial charge in [-0.2, -0.15) is 23.7 Å². The smallest absolute Gasteiger partial charge is 0.419 e. The van der Waals surface area contributed by atoms with E-state index in [0.717, 1.165) is 17.2 Å². The van der Waals surface area contributed by atoms with Crippen LogP contribution in [0, 0.1) is 22.7 Å². The first-order valence-electron chi connectivity index (χ1n) is 19.8. The highest BCUT2D eigenvalue weighted by Crippen LogP contribution is 2.43. The van der Waals surface area contributed by atoms with E-state index in [2.05, 4.69) is 25.8 Å². The fourth-order valence-corrected chi connectivity index (χ4v) is 8.48. The van der Waals surface area contributed by atoms with Gasteiger partial charge in [0.1, 0.15) is 30.0 Å². The molecule has 0 bridgehead atoms. The first-order valence-corrected chi connectivity index (χ1v) is 20.2. The van der Waals surface area contributed by atoms with Crippen LogP contribution in [0.4, 0.5) is 44.7 Å². The lowest BCUT2D eigenvalue weighted by Gasteiger charge is -2.44. The average Bonchev–Trinajstić information content (AvgIpc) is 3.38. The number of piperidine rings is 1. The fraction of sp³-hybridized carbons (Fsp3) is 0.429. The minimum absolute atomic E-state index is 0.0138. The highest BCUT2D eigenvalue weighted by Gasteiger charge is 2.51. The lowest BCUT2D eigenvalue weighted by Crippen LogP contribution is -2.58. The van der Waals surface area contributed by atoms with E-state index in [1.54, 1.807) is 12.1 Å². The van der Waals surface area contributed by atoms with Crippen molar-refractivity contribution in [3.05, 3.63) is 71.0 Å². The molecule has 1 aromatic heterocycles. The summed E-state index contributed by atoms with van der Waals surface area (Å²) in [4.78, 5) is 60.5. The summed E-state index contributed by atoms with van der Waals surface area (Å²) in [6.45, 7) is 8.90. The van der Waals surface area contributed by atoms with E-state index in [1.807, 2.05) is 24.8 Å². The molecule has 3 N–H and O–H groups in total. The molecule has 3 aliphatic heterocycles. The molecule has 6 rings (SSSR count). The number of anilines is 4. The predicted octanol–water partition coefficient (Wildman–Crippen LogP) is 5.50. The molecular weight excluding hydrogens is 852 g/mol. The molecule has 3 aromatic rings. The fourth-order valence-electron chi connectivity index (χ4n) is 7.95. The largest absolute Gasteiger partial charge is 0.492 e. The summed E-state index contributed by atoms with van der Waals surface area (Å²) in [7, 11) is 0. The molecule has 3 saturated heterocycles. The number of carbonyl (C=O) groups is 4. The molecular formula is C42H43F5N10O5S. The molecule has 63 heavy (non-hydrogen) atoms. The monoisotopic (exact) mass is 894 g/mol. The minimum atomic E-state index is -4.96. The number of rotatable bonds is 12. The predicted molar refractivity (Wildman–Crippen MR) is 224 cm³/mol. The lowest BCUT2D eigenvalue weighted by atomic mass is 10.0. The quantitative estimate of drug-likeness (QED) is 0.118. The topological polar surface area (TPSA) is 187 Å². The average molecular weight is 895 g/mol. The molecule has 332 valence electrons. The van der Waals surface area contributed by atoms with E-state index >= 15 is 8.78 Å². The van der Waals surface area contributed by atoms with Crippen molar-refractivity contribution in [1.29, 1.82) is 10.5 Å². The van der Waals surface area contributed by atoms with Gasteiger partial charge < -0.3 is 20.3 Å². The Morgan fingerprint density at radius 3 is 2.27 bits per heavy atom. The van der Waals surface area contributed by atoms with Crippen LogP contribution in [0.1, 0.15) is 69.8 Å². The SMILES string of the molecule is C[C@@H]1CN(CCOc2ccc(N3C(=S)N(c4cnc(C#N)c(C(F)(F)F)c4)C(=O)C3(C)C)cc2C(C)(F)F)C[C@H](C)N1CC(=O)Nc1cc(C#N)cc(NC2CCC(=O)NC2=O)c1. The summed E-state index contributed by atoms with van der Waals surface area (Å²) in [5.74, 6) is -5.48. The number of benzene rings is 2. The Hall–Kier alpha value is -6.29. The molecule has 3 aliphatic rings. The second-order valence-electron chi connectivity index (χ2n) is 16.2. The van der Waals surface area contributed by atoms with Gasteiger partial charge in [0.2, 0.25) is 17.7 Å². The zero-order valence-electron chi connectivity index (χ0n) is 34.8. The molecule has 0 radical (unpaired) electrons. The number of hydrogen-bond acceptors (Lipinski definition) is 12. The van der Waals surface area contributed by atoms with Gasteiger partial charge in [-0.25, -0.2) is 13.8 Å². The number of amides is 4. The Morgan fingerprint density at radius 2 is 1.65 bits per heavy atom. The van der Waals surface area contributed by atoms with E-state index in [9.17, 15) is 37.6 Å². The molecule has 0 aliphatic carbocycles. The first kappa shape index (κ1) is 46.2. The summed E-state index contributed by atoms with van der Waals surface area (Å²) >= 11 is 5.56. The molecule has 3 fully saturated rings. The summed E-state index contributed by atoms with van der Waals surface area (Å²) in [5.41, 5.74) is -3.56. The Kier molecular flexibility index (Phi) is 13.1. The second-order valence-corrected chi connectivity index (χ2v) is 16.5. The van der Waals surface area contributed by atoms with Crippen LogP contribution < -0.4 is 30.5 Å². The number of nitriles is 2. The number of piperazine rings is 1. The van der Waals surface area contributed by atoms with Crippen molar-refractivity contribution in [3.8, 4) is 17.9 Å². The number of ether oxygens (including phenoxy) is 1.